The average molecular weight is 297 g/mol. The summed E-state index contributed by atoms with van der Waals surface area (Å²) in [6, 6.07) is 2.39. The van der Waals surface area contributed by atoms with Crippen LogP contribution in [-0.4, -0.2) is 22.9 Å². The Morgan fingerprint density at radius 1 is 1.41 bits per heavy atom. The van der Waals surface area contributed by atoms with E-state index in [-0.39, 0.29) is 17.3 Å². The van der Waals surface area contributed by atoms with Gasteiger partial charge in [0.1, 0.15) is 6.07 Å². The fraction of sp³-hybridized carbons (Fsp3) is 0.529. The third-order valence-corrected chi connectivity index (χ3v) is 5.23. The monoisotopic (exact) mass is 297 g/mol. The molecular formula is C17H19N3O2. The van der Waals surface area contributed by atoms with Crippen molar-refractivity contribution >= 4 is 5.78 Å². The van der Waals surface area contributed by atoms with E-state index in [0.29, 0.717) is 6.01 Å². The standard InChI is InChI=1S/C17H19N3O2/c1-16(2)12-6-5-10-9-19-15(22-4)20-13(10)17(12,3)7-11(8-18)14(16)21/h7,9,12H,5-6H2,1-4H3. The summed E-state index contributed by atoms with van der Waals surface area (Å²) in [5, 5.41) is 9.35. The van der Waals surface area contributed by atoms with Crippen LogP contribution in [0.3, 0.4) is 0 Å². The molecule has 0 saturated carbocycles. The van der Waals surface area contributed by atoms with Crippen molar-refractivity contribution in [3.05, 3.63) is 29.1 Å². The van der Waals surface area contributed by atoms with Gasteiger partial charge in [-0.3, -0.25) is 4.79 Å². The SMILES string of the molecule is COc1ncc2c(n1)C1(C)C=C(C#N)C(=O)C(C)(C)C1CC2. The van der Waals surface area contributed by atoms with Gasteiger partial charge in [0, 0.05) is 17.0 Å². The highest BCUT2D eigenvalue weighted by atomic mass is 16.5. The molecule has 0 bridgehead atoms. The van der Waals surface area contributed by atoms with Gasteiger partial charge < -0.3 is 4.74 Å². The minimum atomic E-state index is -0.579. The Kier molecular flexibility index (Phi) is 3.10. The van der Waals surface area contributed by atoms with Gasteiger partial charge in [-0.2, -0.15) is 10.2 Å². The van der Waals surface area contributed by atoms with Crippen LogP contribution in [0.15, 0.2) is 17.8 Å². The van der Waals surface area contributed by atoms with Crippen molar-refractivity contribution in [2.24, 2.45) is 11.3 Å². The van der Waals surface area contributed by atoms with Crippen molar-refractivity contribution in [2.45, 2.75) is 39.0 Å². The van der Waals surface area contributed by atoms with Gasteiger partial charge in [0.25, 0.3) is 0 Å². The quantitative estimate of drug-likeness (QED) is 0.795. The Hall–Kier alpha value is -2.22. The summed E-state index contributed by atoms with van der Waals surface area (Å²) >= 11 is 0. The lowest BCUT2D eigenvalue weighted by Gasteiger charge is -2.50. The Balaban J connectivity index is 2.27. The van der Waals surface area contributed by atoms with Crippen LogP contribution in [0.1, 0.15) is 38.4 Å². The topological polar surface area (TPSA) is 75.9 Å². The molecule has 0 N–H and O–H groups in total. The predicted molar refractivity (Wildman–Crippen MR) is 80.2 cm³/mol. The van der Waals surface area contributed by atoms with E-state index >= 15 is 0 Å². The molecule has 0 aromatic carbocycles. The number of rotatable bonds is 1. The highest BCUT2D eigenvalue weighted by Gasteiger charge is 2.54. The number of ketones is 1. The maximum absolute atomic E-state index is 12.6. The number of Topliss-reactive ketones (excluding diaryl/α,β-unsaturated/α-hetero) is 1. The predicted octanol–water partition coefficient (Wildman–Crippen LogP) is 2.36. The zero-order chi connectivity index (χ0) is 16.1. The maximum Gasteiger partial charge on any atom is 0.316 e. The van der Waals surface area contributed by atoms with Crippen molar-refractivity contribution in [3.8, 4) is 12.1 Å². The number of carbonyl (C=O) groups is 1. The normalized spacial score (nSPS) is 29.0. The van der Waals surface area contributed by atoms with Gasteiger partial charge in [0.2, 0.25) is 0 Å². The molecule has 22 heavy (non-hydrogen) atoms. The van der Waals surface area contributed by atoms with Crippen molar-refractivity contribution in [1.29, 1.82) is 5.26 Å². The summed E-state index contributed by atoms with van der Waals surface area (Å²) in [7, 11) is 1.54. The minimum Gasteiger partial charge on any atom is -0.467 e. The van der Waals surface area contributed by atoms with Crippen molar-refractivity contribution in [3.63, 3.8) is 0 Å². The van der Waals surface area contributed by atoms with Crippen LogP contribution in [0.5, 0.6) is 6.01 Å². The first-order chi connectivity index (χ1) is 10.3. The Morgan fingerprint density at radius 3 is 2.77 bits per heavy atom. The summed E-state index contributed by atoms with van der Waals surface area (Å²) in [6.07, 6.45) is 5.32. The number of ether oxygens (including phenoxy) is 1. The van der Waals surface area contributed by atoms with Gasteiger partial charge in [-0.15, -0.1) is 0 Å². The van der Waals surface area contributed by atoms with Gasteiger partial charge in [0.05, 0.1) is 18.4 Å². The Bertz CT molecular complexity index is 730. The van der Waals surface area contributed by atoms with E-state index in [1.165, 1.54) is 7.11 Å². The van der Waals surface area contributed by atoms with E-state index < -0.39 is 10.8 Å². The molecule has 0 spiro atoms. The molecule has 0 aliphatic heterocycles. The van der Waals surface area contributed by atoms with Crippen molar-refractivity contribution in [1.82, 2.24) is 9.97 Å². The highest BCUT2D eigenvalue weighted by Crippen LogP contribution is 2.54. The molecule has 2 atom stereocenters. The molecule has 2 aliphatic rings. The summed E-state index contributed by atoms with van der Waals surface area (Å²) < 4.78 is 5.16. The van der Waals surface area contributed by atoms with E-state index in [4.69, 9.17) is 4.74 Å². The number of carbonyl (C=O) groups excluding carboxylic acids is 1. The highest BCUT2D eigenvalue weighted by molar-refractivity contribution is 6.04. The zero-order valence-electron chi connectivity index (χ0n) is 13.3. The number of aryl methyl sites for hydroxylation is 1. The van der Waals surface area contributed by atoms with Crippen LogP contribution < -0.4 is 4.74 Å². The van der Waals surface area contributed by atoms with Gasteiger partial charge >= 0.3 is 6.01 Å². The van der Waals surface area contributed by atoms with E-state index in [1.807, 2.05) is 13.8 Å². The first kappa shape index (κ1) is 14.7. The molecule has 5 heteroatoms. The number of methoxy groups -OCH3 is 1. The number of hydrogen-bond donors (Lipinski definition) is 0. The second-order valence-corrected chi connectivity index (χ2v) is 6.83. The summed E-state index contributed by atoms with van der Waals surface area (Å²) in [4.78, 5) is 21.3. The number of hydrogen-bond acceptors (Lipinski definition) is 5. The van der Waals surface area contributed by atoms with E-state index in [0.717, 1.165) is 24.1 Å². The Labute approximate surface area is 130 Å². The Morgan fingerprint density at radius 2 is 2.14 bits per heavy atom. The first-order valence-electron chi connectivity index (χ1n) is 7.42. The third kappa shape index (κ3) is 1.80. The molecule has 0 radical (unpaired) electrons. The molecule has 2 unspecified atom stereocenters. The lowest BCUT2D eigenvalue weighted by atomic mass is 9.52. The molecule has 0 amide bonds. The number of nitrogens with zero attached hydrogens (tertiary/aromatic N) is 3. The fourth-order valence-corrected chi connectivity index (χ4v) is 4.14. The molecule has 1 heterocycles. The number of nitriles is 1. The minimum absolute atomic E-state index is 0.0676. The van der Waals surface area contributed by atoms with Gasteiger partial charge in [-0.05, 0) is 24.3 Å². The third-order valence-electron chi connectivity index (χ3n) is 5.23. The maximum atomic E-state index is 12.6. The van der Waals surface area contributed by atoms with Gasteiger partial charge in [0.15, 0.2) is 5.78 Å². The van der Waals surface area contributed by atoms with Crippen LogP contribution in [0.25, 0.3) is 0 Å². The van der Waals surface area contributed by atoms with E-state index in [1.54, 1.807) is 12.3 Å². The summed E-state index contributed by atoms with van der Waals surface area (Å²) in [5.74, 6) is 0.0404. The number of allylic oxidation sites excluding steroid dienone is 2. The lowest BCUT2D eigenvalue weighted by Crippen LogP contribution is -2.51. The molecule has 1 aromatic rings. The van der Waals surface area contributed by atoms with Gasteiger partial charge in [-0.25, -0.2) is 4.98 Å². The van der Waals surface area contributed by atoms with E-state index in [9.17, 15) is 10.1 Å². The van der Waals surface area contributed by atoms with Crippen LogP contribution in [-0.2, 0) is 16.6 Å². The summed E-state index contributed by atoms with van der Waals surface area (Å²) in [6.45, 7) is 5.94. The molecule has 1 aromatic heterocycles. The number of aromatic nitrogens is 2. The fourth-order valence-electron chi connectivity index (χ4n) is 4.14. The lowest BCUT2D eigenvalue weighted by molar-refractivity contribution is -0.128. The van der Waals surface area contributed by atoms with Gasteiger partial charge in [-0.1, -0.05) is 26.8 Å². The molecule has 114 valence electrons. The molecule has 5 nitrogen and oxygen atoms in total. The van der Waals surface area contributed by atoms with Crippen molar-refractivity contribution in [2.75, 3.05) is 7.11 Å². The van der Waals surface area contributed by atoms with E-state index in [2.05, 4.69) is 23.0 Å². The summed E-state index contributed by atoms with van der Waals surface area (Å²) in [5.41, 5.74) is 1.15. The largest absolute Gasteiger partial charge is 0.467 e. The first-order valence-corrected chi connectivity index (χ1v) is 7.42. The zero-order valence-corrected chi connectivity index (χ0v) is 13.3. The number of fused-ring (bicyclic) bond motifs is 3. The molecule has 0 fully saturated rings. The van der Waals surface area contributed by atoms with Crippen LogP contribution in [0.4, 0.5) is 0 Å². The van der Waals surface area contributed by atoms with Crippen molar-refractivity contribution < 1.29 is 9.53 Å². The van der Waals surface area contributed by atoms with Crippen LogP contribution in [0, 0.1) is 22.7 Å². The molecule has 3 rings (SSSR count). The smallest absolute Gasteiger partial charge is 0.316 e. The second kappa shape index (κ2) is 4.64. The van der Waals surface area contributed by atoms with Crippen LogP contribution >= 0.6 is 0 Å². The molecular weight excluding hydrogens is 278 g/mol. The molecule has 2 aliphatic carbocycles. The average Bonchev–Trinajstić information content (AvgIpc) is 2.50. The van der Waals surface area contributed by atoms with Crippen LogP contribution in [0.2, 0.25) is 0 Å². The second-order valence-electron chi connectivity index (χ2n) is 6.83. The molecule has 0 saturated heterocycles.